The number of carbonyl (C=O) groups is 3. The van der Waals surface area contributed by atoms with Crippen molar-refractivity contribution in [3.8, 4) is 0 Å². The van der Waals surface area contributed by atoms with Crippen LogP contribution in [0.5, 0.6) is 0 Å². The summed E-state index contributed by atoms with van der Waals surface area (Å²) in [6, 6.07) is -1.00. The largest absolute Gasteiger partial charge is 0.480 e. The Labute approximate surface area is 219 Å². The molecular weight excluding hydrogens is 474 g/mol. The van der Waals surface area contributed by atoms with Crippen LogP contribution in [0.1, 0.15) is 79.1 Å². The fourth-order valence-corrected chi connectivity index (χ4v) is 7.76. The molecule has 0 aromatic carbocycles. The van der Waals surface area contributed by atoms with Gasteiger partial charge in [-0.25, -0.2) is 4.79 Å². The Kier molecular flexibility index (Phi) is 8.02. The highest BCUT2D eigenvalue weighted by molar-refractivity contribution is 5.96. The van der Waals surface area contributed by atoms with Gasteiger partial charge in [0.15, 0.2) is 6.61 Å². The summed E-state index contributed by atoms with van der Waals surface area (Å²) in [6.07, 6.45) is 10.4. The number of oxime groups is 1. The molecule has 0 unspecified atom stereocenters. The Balaban J connectivity index is 1.28. The molecule has 3 fully saturated rings. The average molecular weight is 518 g/mol. The van der Waals surface area contributed by atoms with Gasteiger partial charge < -0.3 is 25.7 Å². The summed E-state index contributed by atoms with van der Waals surface area (Å²) in [5.74, 6) is -0.492. The van der Waals surface area contributed by atoms with Gasteiger partial charge in [-0.05, 0) is 91.9 Å². The zero-order valence-electron chi connectivity index (χ0n) is 22.6. The maximum Gasteiger partial charge on any atom is 0.326 e. The maximum absolute atomic E-state index is 12.1. The molecule has 0 aliphatic heterocycles. The smallest absolute Gasteiger partial charge is 0.326 e. The summed E-state index contributed by atoms with van der Waals surface area (Å²) in [5.41, 5.74) is 2.52. The van der Waals surface area contributed by atoms with Crippen molar-refractivity contribution < 1.29 is 29.4 Å². The number of aliphatic hydroxyl groups is 1. The number of hydrogen-bond donors (Lipinski definition) is 4. The van der Waals surface area contributed by atoms with Gasteiger partial charge in [-0.1, -0.05) is 38.4 Å². The molecule has 0 heterocycles. The van der Waals surface area contributed by atoms with Crippen molar-refractivity contribution in [1.29, 1.82) is 0 Å². The number of allylic oxidation sites excluding steroid dienone is 2. The number of rotatable bonds is 8. The molecule has 4 aliphatic carbocycles. The van der Waals surface area contributed by atoms with Gasteiger partial charge in [0.05, 0.1) is 18.4 Å². The normalized spacial score (nSPS) is 36.6. The zero-order chi connectivity index (χ0) is 27.0. The van der Waals surface area contributed by atoms with Gasteiger partial charge in [0.1, 0.15) is 6.04 Å². The average Bonchev–Trinajstić information content (AvgIpc) is 3.15. The minimum Gasteiger partial charge on any atom is -0.480 e. The SMILES string of the molecule is CC(C)[C@@H](NC(=O)CNC(=O)CO/N=C1/C=C2CC[C@H]3[C@@H]4CC[C@@H](O)[C@@]4(C)CC[C@@H]3[C@@]2(C)CC1)C(=O)O. The van der Waals surface area contributed by atoms with E-state index in [1.165, 1.54) is 12.0 Å². The fraction of sp³-hybridized carbons (Fsp3) is 0.786. The Morgan fingerprint density at radius 1 is 1.08 bits per heavy atom. The summed E-state index contributed by atoms with van der Waals surface area (Å²) in [7, 11) is 0. The highest BCUT2D eigenvalue weighted by atomic mass is 16.6. The van der Waals surface area contributed by atoms with Crippen molar-refractivity contribution in [2.75, 3.05) is 13.2 Å². The highest BCUT2D eigenvalue weighted by Gasteiger charge is 2.58. The Morgan fingerprint density at radius 3 is 2.54 bits per heavy atom. The van der Waals surface area contributed by atoms with E-state index < -0.39 is 23.8 Å². The van der Waals surface area contributed by atoms with E-state index in [9.17, 15) is 19.5 Å². The van der Waals surface area contributed by atoms with Gasteiger partial charge >= 0.3 is 5.97 Å². The predicted octanol–water partition coefficient (Wildman–Crippen LogP) is 3.02. The second-order valence-corrected chi connectivity index (χ2v) is 12.4. The first kappa shape index (κ1) is 27.6. The number of nitrogens with zero attached hydrogens (tertiary/aromatic N) is 1. The third kappa shape index (κ3) is 5.42. The molecule has 0 spiro atoms. The topological polar surface area (TPSA) is 137 Å². The lowest BCUT2D eigenvalue weighted by Crippen LogP contribution is -2.51. The molecule has 9 heteroatoms. The molecule has 4 N–H and O–H groups in total. The van der Waals surface area contributed by atoms with E-state index in [1.54, 1.807) is 13.8 Å². The molecule has 7 atom stereocenters. The van der Waals surface area contributed by atoms with E-state index in [-0.39, 0.29) is 36.0 Å². The molecule has 3 saturated carbocycles. The van der Waals surface area contributed by atoms with E-state index in [4.69, 9.17) is 9.94 Å². The lowest BCUT2D eigenvalue weighted by molar-refractivity contribution is -0.143. The van der Waals surface area contributed by atoms with E-state index in [1.807, 2.05) is 0 Å². The van der Waals surface area contributed by atoms with E-state index in [2.05, 4.69) is 35.7 Å². The lowest BCUT2D eigenvalue weighted by Gasteiger charge is -2.57. The van der Waals surface area contributed by atoms with Crippen molar-refractivity contribution in [2.24, 2.45) is 39.7 Å². The van der Waals surface area contributed by atoms with Gasteiger partial charge in [-0.2, -0.15) is 0 Å². The third-order valence-electron chi connectivity index (χ3n) is 10.0. The Hall–Kier alpha value is -2.42. The number of carbonyl (C=O) groups excluding carboxylic acids is 2. The van der Waals surface area contributed by atoms with Crippen molar-refractivity contribution in [3.05, 3.63) is 11.6 Å². The number of fused-ring (bicyclic) bond motifs is 5. The summed E-state index contributed by atoms with van der Waals surface area (Å²) in [6.45, 7) is 7.49. The van der Waals surface area contributed by atoms with Gasteiger partial charge in [0, 0.05) is 0 Å². The maximum atomic E-state index is 12.1. The molecule has 0 radical (unpaired) electrons. The molecule has 4 aliphatic rings. The zero-order valence-corrected chi connectivity index (χ0v) is 22.6. The molecule has 9 nitrogen and oxygen atoms in total. The van der Waals surface area contributed by atoms with Gasteiger partial charge in [-0.15, -0.1) is 0 Å². The molecule has 4 rings (SSSR count). The quantitative estimate of drug-likeness (QED) is 0.365. The molecule has 37 heavy (non-hydrogen) atoms. The van der Waals surface area contributed by atoms with Crippen LogP contribution < -0.4 is 10.6 Å². The van der Waals surface area contributed by atoms with Crippen LogP contribution in [0.2, 0.25) is 0 Å². The predicted molar refractivity (Wildman–Crippen MR) is 139 cm³/mol. The fourth-order valence-electron chi connectivity index (χ4n) is 7.76. The molecule has 206 valence electrons. The van der Waals surface area contributed by atoms with Crippen molar-refractivity contribution in [2.45, 2.75) is 91.2 Å². The van der Waals surface area contributed by atoms with Crippen LogP contribution >= 0.6 is 0 Å². The van der Waals surface area contributed by atoms with Crippen molar-refractivity contribution >= 4 is 23.5 Å². The molecule has 0 aromatic heterocycles. The van der Waals surface area contributed by atoms with Gasteiger partial charge in [-0.3, -0.25) is 9.59 Å². The Morgan fingerprint density at radius 2 is 1.84 bits per heavy atom. The lowest BCUT2D eigenvalue weighted by atomic mass is 9.47. The summed E-state index contributed by atoms with van der Waals surface area (Å²) < 4.78 is 0. The molecule has 2 amide bonds. The van der Waals surface area contributed by atoms with Crippen LogP contribution in [0.25, 0.3) is 0 Å². The first-order valence-electron chi connectivity index (χ1n) is 13.8. The third-order valence-corrected chi connectivity index (χ3v) is 10.0. The summed E-state index contributed by atoms with van der Waals surface area (Å²) in [4.78, 5) is 40.6. The second kappa shape index (κ2) is 10.8. The van der Waals surface area contributed by atoms with Gasteiger partial charge in [0.25, 0.3) is 5.91 Å². The van der Waals surface area contributed by atoms with Gasteiger partial charge in [0.2, 0.25) is 5.91 Å². The van der Waals surface area contributed by atoms with Crippen molar-refractivity contribution in [1.82, 2.24) is 10.6 Å². The number of nitrogens with one attached hydrogen (secondary N) is 2. The number of aliphatic hydroxyl groups excluding tert-OH is 1. The molecule has 0 bridgehead atoms. The van der Waals surface area contributed by atoms with Crippen LogP contribution in [-0.2, 0) is 19.2 Å². The first-order chi connectivity index (χ1) is 17.5. The molecule has 0 aromatic rings. The van der Waals surface area contributed by atoms with Crippen LogP contribution in [0.4, 0.5) is 0 Å². The van der Waals surface area contributed by atoms with Crippen LogP contribution in [-0.4, -0.2) is 59.0 Å². The molecule has 0 saturated heterocycles. The van der Waals surface area contributed by atoms with Crippen molar-refractivity contribution in [3.63, 3.8) is 0 Å². The van der Waals surface area contributed by atoms with Crippen LogP contribution in [0.15, 0.2) is 16.8 Å². The van der Waals surface area contributed by atoms with Crippen LogP contribution in [0, 0.1) is 34.5 Å². The van der Waals surface area contributed by atoms with E-state index in [0.717, 1.165) is 50.7 Å². The second-order valence-electron chi connectivity index (χ2n) is 12.4. The number of hydrogen-bond acceptors (Lipinski definition) is 6. The van der Waals surface area contributed by atoms with E-state index in [0.29, 0.717) is 17.8 Å². The first-order valence-corrected chi connectivity index (χ1v) is 13.8. The number of carboxylic acids is 1. The number of carboxylic acid groups (broad SMARTS) is 1. The van der Waals surface area contributed by atoms with E-state index >= 15 is 0 Å². The van der Waals surface area contributed by atoms with Crippen LogP contribution in [0.3, 0.4) is 0 Å². The molecular formula is C28H43N3O6. The number of aliphatic carboxylic acids is 1. The standard InChI is InChI=1S/C28H43N3O6/c1-16(2)25(26(35)36)30-23(33)14-29-24(34)15-37-31-18-9-11-27(3)17(13-18)5-6-19-20-7-8-22(32)28(20,4)12-10-21(19)27/h13,16,19-22,25,32H,5-12,14-15H2,1-4H3,(H,29,34)(H,30,33)(H,35,36)/b31-18+/t19-,20-,21-,22+,25+,27-,28-/m0/s1. The summed E-state index contributed by atoms with van der Waals surface area (Å²) in [5, 5.41) is 28.9. The Bertz CT molecular complexity index is 977. The monoisotopic (exact) mass is 517 g/mol. The highest BCUT2D eigenvalue weighted by Crippen LogP contribution is 2.65. The minimum atomic E-state index is -1.11. The minimum absolute atomic E-state index is 0.0848. The summed E-state index contributed by atoms with van der Waals surface area (Å²) >= 11 is 0. The number of amides is 2.